The first-order valence-corrected chi connectivity index (χ1v) is 6.76. The van der Waals surface area contributed by atoms with Crippen molar-refractivity contribution in [2.24, 2.45) is 4.99 Å². The number of nitrogens with one attached hydrogen (secondary N) is 2. The lowest BCUT2D eigenvalue weighted by molar-refractivity contribution is 0.726. The van der Waals surface area contributed by atoms with Crippen molar-refractivity contribution >= 4 is 5.96 Å². The Balaban J connectivity index is 2.27. The van der Waals surface area contributed by atoms with Gasteiger partial charge in [-0.1, -0.05) is 43.2 Å². The number of nitrogens with zero attached hydrogens (tertiary/aromatic N) is 1. The highest BCUT2D eigenvalue weighted by Crippen LogP contribution is 2.03. The Morgan fingerprint density at radius 3 is 2.67 bits per heavy atom. The molecule has 18 heavy (non-hydrogen) atoms. The lowest BCUT2D eigenvalue weighted by atomic mass is 10.1. The van der Waals surface area contributed by atoms with E-state index in [9.17, 15) is 0 Å². The minimum atomic E-state index is 0.899. The molecule has 1 aromatic carbocycles. The van der Waals surface area contributed by atoms with E-state index < -0.39 is 0 Å². The molecule has 0 radical (unpaired) electrons. The number of guanidine groups is 1. The molecule has 0 saturated carbocycles. The molecule has 0 heterocycles. The fraction of sp³-hybridized carbons (Fsp3) is 0.533. The van der Waals surface area contributed by atoms with Crippen LogP contribution in [-0.2, 0) is 6.42 Å². The molecule has 3 nitrogen and oxygen atoms in total. The molecule has 0 aliphatic heterocycles. The first kappa shape index (κ1) is 14.6. The van der Waals surface area contributed by atoms with Crippen LogP contribution in [0.2, 0.25) is 0 Å². The van der Waals surface area contributed by atoms with Crippen LogP contribution in [0.3, 0.4) is 0 Å². The normalized spacial score (nSPS) is 11.4. The third-order valence-electron chi connectivity index (χ3n) is 2.83. The third kappa shape index (κ3) is 5.71. The molecule has 0 bridgehead atoms. The maximum atomic E-state index is 4.20. The van der Waals surface area contributed by atoms with Crippen molar-refractivity contribution in [3.05, 3.63) is 35.4 Å². The molecule has 1 rings (SSSR count). The zero-order valence-corrected chi connectivity index (χ0v) is 11.8. The highest BCUT2D eigenvalue weighted by Gasteiger charge is 1.97. The van der Waals surface area contributed by atoms with Gasteiger partial charge in [0.25, 0.3) is 0 Å². The summed E-state index contributed by atoms with van der Waals surface area (Å²) >= 11 is 0. The van der Waals surface area contributed by atoms with E-state index >= 15 is 0 Å². The summed E-state index contributed by atoms with van der Waals surface area (Å²) in [6, 6.07) is 8.64. The summed E-state index contributed by atoms with van der Waals surface area (Å²) < 4.78 is 0. The maximum absolute atomic E-state index is 4.20. The van der Waals surface area contributed by atoms with Crippen LogP contribution >= 0.6 is 0 Å². The lowest BCUT2D eigenvalue weighted by Crippen LogP contribution is -2.38. The molecule has 2 N–H and O–H groups in total. The number of unbranched alkanes of at least 4 members (excludes halogenated alkanes) is 1. The van der Waals surface area contributed by atoms with Crippen LogP contribution < -0.4 is 10.6 Å². The zero-order valence-electron chi connectivity index (χ0n) is 11.8. The van der Waals surface area contributed by atoms with E-state index in [1.807, 2.05) is 7.05 Å². The Morgan fingerprint density at radius 2 is 2.00 bits per heavy atom. The minimum absolute atomic E-state index is 0.899. The summed E-state index contributed by atoms with van der Waals surface area (Å²) in [6.45, 7) is 6.22. The molecular weight excluding hydrogens is 222 g/mol. The molecule has 0 aliphatic rings. The van der Waals surface area contributed by atoms with E-state index in [1.165, 1.54) is 24.0 Å². The highest BCUT2D eigenvalue weighted by molar-refractivity contribution is 5.79. The van der Waals surface area contributed by atoms with Crippen LogP contribution in [0.1, 0.15) is 30.9 Å². The van der Waals surface area contributed by atoms with Gasteiger partial charge in [-0.2, -0.15) is 0 Å². The Kier molecular flexibility index (Phi) is 6.92. The number of aliphatic imine (C=N–C) groups is 1. The molecular formula is C15H25N3. The third-order valence-corrected chi connectivity index (χ3v) is 2.83. The number of benzene rings is 1. The van der Waals surface area contributed by atoms with E-state index in [0.29, 0.717) is 0 Å². The SMILES string of the molecule is CCCCNC(=NC)NCCc1cccc(C)c1. The minimum Gasteiger partial charge on any atom is -0.356 e. The summed E-state index contributed by atoms with van der Waals surface area (Å²) in [6.07, 6.45) is 3.40. The summed E-state index contributed by atoms with van der Waals surface area (Å²) in [5.41, 5.74) is 2.68. The van der Waals surface area contributed by atoms with Gasteiger partial charge in [0, 0.05) is 20.1 Å². The molecule has 100 valence electrons. The molecule has 0 unspecified atom stereocenters. The second-order valence-corrected chi connectivity index (χ2v) is 4.52. The van der Waals surface area contributed by atoms with Gasteiger partial charge in [0.15, 0.2) is 5.96 Å². The van der Waals surface area contributed by atoms with Crippen LogP contribution in [-0.4, -0.2) is 26.1 Å². The van der Waals surface area contributed by atoms with Crippen molar-refractivity contribution < 1.29 is 0 Å². The molecule has 0 aromatic heterocycles. The van der Waals surface area contributed by atoms with Gasteiger partial charge in [-0.05, 0) is 25.3 Å². The van der Waals surface area contributed by atoms with Gasteiger partial charge in [0.1, 0.15) is 0 Å². The molecule has 3 heteroatoms. The van der Waals surface area contributed by atoms with Gasteiger partial charge in [0.2, 0.25) is 0 Å². The number of rotatable bonds is 6. The van der Waals surface area contributed by atoms with Gasteiger partial charge < -0.3 is 10.6 Å². The number of hydrogen-bond donors (Lipinski definition) is 2. The Morgan fingerprint density at radius 1 is 1.22 bits per heavy atom. The van der Waals surface area contributed by atoms with Crippen molar-refractivity contribution in [3.63, 3.8) is 0 Å². The quantitative estimate of drug-likeness (QED) is 0.460. The van der Waals surface area contributed by atoms with Gasteiger partial charge >= 0.3 is 0 Å². The summed E-state index contributed by atoms with van der Waals surface area (Å²) in [7, 11) is 1.81. The molecule has 0 spiro atoms. The lowest BCUT2D eigenvalue weighted by Gasteiger charge is -2.11. The van der Waals surface area contributed by atoms with E-state index in [2.05, 4.69) is 53.7 Å². The fourth-order valence-corrected chi connectivity index (χ4v) is 1.80. The van der Waals surface area contributed by atoms with Gasteiger partial charge in [-0.25, -0.2) is 0 Å². The summed E-state index contributed by atoms with van der Waals surface area (Å²) in [5, 5.41) is 6.64. The molecule has 0 fully saturated rings. The second-order valence-electron chi connectivity index (χ2n) is 4.52. The molecule has 0 saturated heterocycles. The molecule has 0 amide bonds. The van der Waals surface area contributed by atoms with Gasteiger partial charge in [-0.15, -0.1) is 0 Å². The first-order valence-electron chi connectivity index (χ1n) is 6.76. The number of aryl methyl sites for hydroxylation is 1. The first-order chi connectivity index (χ1) is 8.76. The Hall–Kier alpha value is -1.51. The van der Waals surface area contributed by atoms with Gasteiger partial charge in [-0.3, -0.25) is 4.99 Å². The zero-order chi connectivity index (χ0) is 13.2. The molecule has 1 aromatic rings. The predicted octanol–water partition coefficient (Wildman–Crippen LogP) is 2.50. The average Bonchev–Trinajstić information content (AvgIpc) is 2.37. The largest absolute Gasteiger partial charge is 0.356 e. The van der Waals surface area contributed by atoms with E-state index in [4.69, 9.17) is 0 Å². The smallest absolute Gasteiger partial charge is 0.190 e. The monoisotopic (exact) mass is 247 g/mol. The number of hydrogen-bond acceptors (Lipinski definition) is 1. The molecule has 0 atom stereocenters. The van der Waals surface area contributed by atoms with Crippen molar-refractivity contribution in [1.29, 1.82) is 0 Å². The van der Waals surface area contributed by atoms with Crippen molar-refractivity contribution in [1.82, 2.24) is 10.6 Å². The predicted molar refractivity (Wildman–Crippen MR) is 79.2 cm³/mol. The fourth-order valence-electron chi connectivity index (χ4n) is 1.80. The Labute approximate surface area is 111 Å². The van der Waals surface area contributed by atoms with Crippen LogP contribution in [0.25, 0.3) is 0 Å². The van der Waals surface area contributed by atoms with Crippen LogP contribution in [0, 0.1) is 6.92 Å². The van der Waals surface area contributed by atoms with Crippen molar-refractivity contribution in [3.8, 4) is 0 Å². The average molecular weight is 247 g/mol. The van der Waals surface area contributed by atoms with Crippen molar-refractivity contribution in [2.45, 2.75) is 33.1 Å². The van der Waals surface area contributed by atoms with Gasteiger partial charge in [0.05, 0.1) is 0 Å². The van der Waals surface area contributed by atoms with E-state index in [1.54, 1.807) is 0 Å². The standard InChI is InChI=1S/C15H25N3/c1-4-5-10-17-15(16-3)18-11-9-14-8-6-7-13(2)12-14/h6-8,12H,4-5,9-11H2,1-3H3,(H2,16,17,18). The van der Waals surface area contributed by atoms with Crippen LogP contribution in [0.4, 0.5) is 0 Å². The summed E-state index contributed by atoms with van der Waals surface area (Å²) in [5.74, 6) is 0.899. The topological polar surface area (TPSA) is 36.4 Å². The Bertz CT molecular complexity index is 372. The van der Waals surface area contributed by atoms with E-state index in [0.717, 1.165) is 25.5 Å². The highest BCUT2D eigenvalue weighted by atomic mass is 15.2. The van der Waals surface area contributed by atoms with Crippen molar-refractivity contribution in [2.75, 3.05) is 20.1 Å². The summed E-state index contributed by atoms with van der Waals surface area (Å²) in [4.78, 5) is 4.20. The maximum Gasteiger partial charge on any atom is 0.190 e. The van der Waals surface area contributed by atoms with E-state index in [-0.39, 0.29) is 0 Å². The second kappa shape index (κ2) is 8.56. The van der Waals surface area contributed by atoms with Crippen LogP contribution in [0.5, 0.6) is 0 Å². The van der Waals surface area contributed by atoms with Crippen LogP contribution in [0.15, 0.2) is 29.3 Å². The molecule has 0 aliphatic carbocycles.